The Morgan fingerprint density at radius 3 is 2.70 bits per heavy atom. The third-order valence-corrected chi connectivity index (χ3v) is 4.17. The third-order valence-electron chi connectivity index (χ3n) is 4.17. The molecule has 0 radical (unpaired) electrons. The van der Waals surface area contributed by atoms with E-state index in [0.29, 0.717) is 13.2 Å². The van der Waals surface area contributed by atoms with Gasteiger partial charge in [-0.15, -0.1) is 6.58 Å². The topological polar surface area (TPSA) is 44.8 Å². The number of anilines is 1. The number of carbonyl (C=O) groups excluding carboxylic acids is 1. The number of hydrogen-bond acceptors (Lipinski definition) is 4. The second kappa shape index (κ2) is 8.58. The number of amides is 1. The summed E-state index contributed by atoms with van der Waals surface area (Å²) in [6.07, 6.45) is 1.70. The predicted molar refractivity (Wildman–Crippen MR) is 94.1 cm³/mol. The van der Waals surface area contributed by atoms with Gasteiger partial charge in [-0.2, -0.15) is 0 Å². The Bertz CT molecular complexity index is 525. The van der Waals surface area contributed by atoms with Crippen molar-refractivity contribution in [2.45, 2.75) is 19.9 Å². The summed E-state index contributed by atoms with van der Waals surface area (Å²) in [6.45, 7) is 12.3. The monoisotopic (exact) mass is 317 g/mol. The van der Waals surface area contributed by atoms with Gasteiger partial charge in [-0.3, -0.25) is 9.69 Å². The highest BCUT2D eigenvalue weighted by Gasteiger charge is 2.26. The van der Waals surface area contributed by atoms with Crippen LogP contribution in [0.25, 0.3) is 0 Å². The molecule has 1 aliphatic rings. The average Bonchev–Trinajstić information content (AvgIpc) is 2.60. The van der Waals surface area contributed by atoms with Crippen LogP contribution in [0.2, 0.25) is 0 Å². The van der Waals surface area contributed by atoms with Gasteiger partial charge in [-0.05, 0) is 26.0 Å². The molecule has 126 valence electrons. The maximum absolute atomic E-state index is 12.1. The minimum atomic E-state index is -0.112. The van der Waals surface area contributed by atoms with Crippen LogP contribution < -0.4 is 15.0 Å². The summed E-state index contributed by atoms with van der Waals surface area (Å²) in [7, 11) is 0. The Morgan fingerprint density at radius 1 is 1.35 bits per heavy atom. The number of hydrogen-bond donors (Lipinski definition) is 1. The first kappa shape index (κ1) is 17.3. The van der Waals surface area contributed by atoms with Crippen molar-refractivity contribution in [2.75, 3.05) is 44.2 Å². The molecule has 1 fully saturated rings. The Kier molecular flexibility index (Phi) is 6.47. The molecule has 1 saturated heterocycles. The Labute approximate surface area is 138 Å². The minimum absolute atomic E-state index is 0.0630. The molecule has 1 aliphatic heterocycles. The molecule has 23 heavy (non-hydrogen) atoms. The van der Waals surface area contributed by atoms with E-state index < -0.39 is 0 Å². The quantitative estimate of drug-likeness (QED) is 0.780. The molecular weight excluding hydrogens is 290 g/mol. The van der Waals surface area contributed by atoms with E-state index in [2.05, 4.69) is 27.8 Å². The maximum Gasteiger partial charge on any atom is 0.237 e. The van der Waals surface area contributed by atoms with E-state index in [1.165, 1.54) is 0 Å². The highest BCUT2D eigenvalue weighted by atomic mass is 16.5. The first-order chi connectivity index (χ1) is 11.2. The van der Waals surface area contributed by atoms with E-state index in [-0.39, 0.29) is 11.9 Å². The second-order valence-corrected chi connectivity index (χ2v) is 5.63. The van der Waals surface area contributed by atoms with Gasteiger partial charge in [-0.1, -0.05) is 18.2 Å². The van der Waals surface area contributed by atoms with E-state index in [1.807, 2.05) is 32.0 Å². The van der Waals surface area contributed by atoms with Gasteiger partial charge >= 0.3 is 0 Å². The van der Waals surface area contributed by atoms with Crippen LogP contribution in [0.1, 0.15) is 13.8 Å². The van der Waals surface area contributed by atoms with Crippen LogP contribution in [0.5, 0.6) is 5.75 Å². The Hall–Kier alpha value is -2.01. The first-order valence-corrected chi connectivity index (χ1v) is 8.26. The second-order valence-electron chi connectivity index (χ2n) is 5.63. The van der Waals surface area contributed by atoms with Gasteiger partial charge in [0.05, 0.1) is 18.3 Å². The number of nitrogens with one attached hydrogen (secondary N) is 1. The molecule has 0 bridgehead atoms. The van der Waals surface area contributed by atoms with Gasteiger partial charge in [0.2, 0.25) is 5.91 Å². The van der Waals surface area contributed by atoms with Crippen molar-refractivity contribution in [2.24, 2.45) is 0 Å². The zero-order valence-corrected chi connectivity index (χ0v) is 14.1. The Balaban J connectivity index is 1.93. The molecule has 1 N–H and O–H groups in total. The van der Waals surface area contributed by atoms with Gasteiger partial charge in [-0.25, -0.2) is 0 Å². The summed E-state index contributed by atoms with van der Waals surface area (Å²) >= 11 is 0. The molecule has 0 unspecified atom stereocenters. The molecule has 1 amide bonds. The fourth-order valence-corrected chi connectivity index (χ4v) is 2.83. The summed E-state index contributed by atoms with van der Waals surface area (Å²) in [5, 5.41) is 2.87. The summed E-state index contributed by atoms with van der Waals surface area (Å²) < 4.78 is 5.72. The Morgan fingerprint density at radius 2 is 2.04 bits per heavy atom. The van der Waals surface area contributed by atoms with Crippen molar-refractivity contribution in [1.29, 1.82) is 0 Å². The molecule has 1 heterocycles. The van der Waals surface area contributed by atoms with Crippen molar-refractivity contribution in [1.82, 2.24) is 10.2 Å². The first-order valence-electron chi connectivity index (χ1n) is 8.26. The lowest BCUT2D eigenvalue weighted by Crippen LogP contribution is -2.54. The van der Waals surface area contributed by atoms with Crippen LogP contribution in [-0.2, 0) is 4.79 Å². The largest absolute Gasteiger partial charge is 0.492 e. The standard InChI is InChI=1S/C18H27N3O2/c1-4-10-19-18(22)15(3)20-11-13-21(14-12-20)16-8-6-7-9-17(16)23-5-2/h4,6-9,15H,1,5,10-14H2,2-3H3,(H,19,22)/t15-/m1/s1. The van der Waals surface area contributed by atoms with Gasteiger partial charge in [0.15, 0.2) is 0 Å². The van der Waals surface area contributed by atoms with Crippen molar-refractivity contribution in [3.8, 4) is 5.75 Å². The average molecular weight is 317 g/mol. The van der Waals surface area contributed by atoms with Gasteiger partial charge < -0.3 is 15.0 Å². The summed E-state index contributed by atoms with van der Waals surface area (Å²) in [4.78, 5) is 16.6. The fourth-order valence-electron chi connectivity index (χ4n) is 2.83. The van der Waals surface area contributed by atoms with E-state index in [0.717, 1.165) is 37.6 Å². The van der Waals surface area contributed by atoms with Crippen LogP contribution in [0.3, 0.4) is 0 Å². The summed E-state index contributed by atoms with van der Waals surface area (Å²) in [6, 6.07) is 8.03. The molecule has 1 atom stereocenters. The lowest BCUT2D eigenvalue weighted by atomic mass is 10.2. The molecule has 0 saturated carbocycles. The summed E-state index contributed by atoms with van der Waals surface area (Å²) in [5.74, 6) is 0.994. The fraction of sp³-hybridized carbons (Fsp3) is 0.500. The van der Waals surface area contributed by atoms with Crippen LogP contribution in [0.15, 0.2) is 36.9 Å². The van der Waals surface area contributed by atoms with E-state index in [9.17, 15) is 4.79 Å². The molecule has 5 nitrogen and oxygen atoms in total. The van der Waals surface area contributed by atoms with E-state index >= 15 is 0 Å². The SMILES string of the molecule is C=CCNC(=O)[C@@H](C)N1CCN(c2ccccc2OCC)CC1. The highest BCUT2D eigenvalue weighted by Crippen LogP contribution is 2.29. The molecular formula is C18H27N3O2. The normalized spacial score (nSPS) is 16.7. The van der Waals surface area contributed by atoms with Crippen molar-refractivity contribution < 1.29 is 9.53 Å². The van der Waals surface area contributed by atoms with Crippen molar-refractivity contribution in [3.05, 3.63) is 36.9 Å². The molecule has 0 aromatic heterocycles. The number of ether oxygens (including phenoxy) is 1. The summed E-state index contributed by atoms with van der Waals surface area (Å²) in [5.41, 5.74) is 1.14. The number of para-hydroxylation sites is 2. The van der Waals surface area contributed by atoms with Crippen LogP contribution in [0.4, 0.5) is 5.69 Å². The zero-order valence-electron chi connectivity index (χ0n) is 14.1. The van der Waals surface area contributed by atoms with Crippen molar-refractivity contribution in [3.63, 3.8) is 0 Å². The number of benzene rings is 1. The van der Waals surface area contributed by atoms with Crippen molar-refractivity contribution >= 4 is 11.6 Å². The lowest BCUT2D eigenvalue weighted by Gasteiger charge is -2.38. The smallest absolute Gasteiger partial charge is 0.237 e. The molecule has 1 aromatic carbocycles. The minimum Gasteiger partial charge on any atom is -0.492 e. The number of carbonyl (C=O) groups is 1. The molecule has 5 heteroatoms. The molecule has 0 spiro atoms. The zero-order chi connectivity index (χ0) is 16.7. The van der Waals surface area contributed by atoms with Gasteiger partial charge in [0.25, 0.3) is 0 Å². The predicted octanol–water partition coefficient (Wildman–Crippen LogP) is 1.90. The molecule has 2 rings (SSSR count). The van der Waals surface area contributed by atoms with Crippen LogP contribution in [0, 0.1) is 0 Å². The highest BCUT2D eigenvalue weighted by molar-refractivity contribution is 5.81. The van der Waals surface area contributed by atoms with Gasteiger partial charge in [0.1, 0.15) is 5.75 Å². The maximum atomic E-state index is 12.1. The van der Waals surface area contributed by atoms with Crippen LogP contribution >= 0.6 is 0 Å². The lowest BCUT2D eigenvalue weighted by molar-refractivity contribution is -0.125. The number of rotatable bonds is 7. The molecule has 0 aliphatic carbocycles. The molecule has 1 aromatic rings. The van der Waals surface area contributed by atoms with Gasteiger partial charge in [0, 0.05) is 32.7 Å². The van der Waals surface area contributed by atoms with Crippen LogP contribution in [-0.4, -0.2) is 56.2 Å². The number of piperazine rings is 1. The number of nitrogens with zero attached hydrogens (tertiary/aromatic N) is 2. The van der Waals surface area contributed by atoms with E-state index in [1.54, 1.807) is 6.08 Å². The van der Waals surface area contributed by atoms with E-state index in [4.69, 9.17) is 4.74 Å². The third kappa shape index (κ3) is 4.48.